The minimum absolute atomic E-state index is 0.326. The molecule has 2 aliphatic heterocycles. The van der Waals surface area contributed by atoms with Gasteiger partial charge in [-0.2, -0.15) is 11.8 Å². The van der Waals surface area contributed by atoms with Crippen LogP contribution >= 0.6 is 11.8 Å². The molecule has 2 fully saturated rings. The number of hydrogen-bond acceptors (Lipinski definition) is 4. The Morgan fingerprint density at radius 2 is 1.75 bits per heavy atom. The van der Waals surface area contributed by atoms with Crippen LogP contribution in [0.25, 0.3) is 0 Å². The molecule has 2 aliphatic rings. The van der Waals surface area contributed by atoms with Gasteiger partial charge >= 0.3 is 0 Å². The molecule has 0 atom stereocenters. The standard InChI is InChI=1S/C12H25N3S/c1-2-14-5-3-12(11-13,4-6-14)15-7-9-16-10-8-15/h2-11,13H2,1H3. The van der Waals surface area contributed by atoms with Gasteiger partial charge in [0.2, 0.25) is 0 Å². The SMILES string of the molecule is CCN1CCC(CN)(N2CCSCC2)CC1. The Morgan fingerprint density at radius 3 is 2.25 bits per heavy atom. The summed E-state index contributed by atoms with van der Waals surface area (Å²) in [5, 5.41) is 0. The van der Waals surface area contributed by atoms with Gasteiger partial charge in [-0.15, -0.1) is 0 Å². The van der Waals surface area contributed by atoms with E-state index < -0.39 is 0 Å². The highest BCUT2D eigenvalue weighted by Crippen LogP contribution is 2.30. The van der Waals surface area contributed by atoms with E-state index in [-0.39, 0.29) is 0 Å². The molecule has 94 valence electrons. The highest BCUT2D eigenvalue weighted by atomic mass is 32.2. The maximum Gasteiger partial charge on any atom is 0.0356 e. The van der Waals surface area contributed by atoms with Crippen molar-refractivity contribution in [3.8, 4) is 0 Å². The lowest BCUT2D eigenvalue weighted by molar-refractivity contribution is 0.0353. The fraction of sp³-hybridized carbons (Fsp3) is 1.00. The summed E-state index contributed by atoms with van der Waals surface area (Å²) in [6.07, 6.45) is 2.53. The molecule has 0 aromatic carbocycles. The van der Waals surface area contributed by atoms with Gasteiger partial charge < -0.3 is 10.6 Å². The van der Waals surface area contributed by atoms with Crippen molar-refractivity contribution in [1.29, 1.82) is 0 Å². The van der Waals surface area contributed by atoms with Gasteiger partial charge in [0, 0.05) is 36.7 Å². The van der Waals surface area contributed by atoms with Crippen molar-refractivity contribution in [3.63, 3.8) is 0 Å². The van der Waals surface area contributed by atoms with Crippen LogP contribution in [-0.2, 0) is 0 Å². The summed E-state index contributed by atoms with van der Waals surface area (Å²) >= 11 is 2.08. The first-order valence-corrected chi connectivity index (χ1v) is 7.71. The van der Waals surface area contributed by atoms with E-state index in [1.54, 1.807) is 0 Å². The summed E-state index contributed by atoms with van der Waals surface area (Å²) in [6.45, 7) is 9.25. The Morgan fingerprint density at radius 1 is 1.12 bits per heavy atom. The molecule has 0 aromatic heterocycles. The van der Waals surface area contributed by atoms with Crippen LogP contribution in [0.1, 0.15) is 19.8 Å². The summed E-state index contributed by atoms with van der Waals surface area (Å²) in [5.41, 5.74) is 6.42. The van der Waals surface area contributed by atoms with Crippen LogP contribution in [0.15, 0.2) is 0 Å². The summed E-state index contributed by atoms with van der Waals surface area (Å²) in [4.78, 5) is 5.23. The topological polar surface area (TPSA) is 32.5 Å². The number of hydrogen-bond donors (Lipinski definition) is 1. The number of rotatable bonds is 3. The number of piperidine rings is 1. The second-order valence-corrected chi connectivity index (χ2v) is 6.19. The number of likely N-dealkylation sites (tertiary alicyclic amines) is 1. The van der Waals surface area contributed by atoms with Gasteiger partial charge in [-0.3, -0.25) is 4.90 Å². The van der Waals surface area contributed by atoms with E-state index >= 15 is 0 Å². The van der Waals surface area contributed by atoms with Crippen molar-refractivity contribution in [1.82, 2.24) is 9.80 Å². The fourth-order valence-corrected chi connectivity index (χ4v) is 3.88. The van der Waals surface area contributed by atoms with E-state index in [2.05, 4.69) is 28.5 Å². The summed E-state index contributed by atoms with van der Waals surface area (Å²) < 4.78 is 0. The molecule has 0 amide bonds. The first-order valence-electron chi connectivity index (χ1n) is 6.56. The number of thioether (sulfide) groups is 1. The minimum Gasteiger partial charge on any atom is -0.329 e. The molecular formula is C12H25N3S. The maximum atomic E-state index is 6.09. The molecule has 4 heteroatoms. The molecular weight excluding hydrogens is 218 g/mol. The lowest BCUT2D eigenvalue weighted by Crippen LogP contribution is -2.61. The van der Waals surface area contributed by atoms with Gasteiger partial charge in [0.1, 0.15) is 0 Å². The third-order valence-corrected chi connectivity index (χ3v) is 5.24. The monoisotopic (exact) mass is 243 g/mol. The predicted octanol–water partition coefficient (Wildman–Crippen LogP) is 0.848. The zero-order valence-corrected chi connectivity index (χ0v) is 11.3. The molecule has 3 nitrogen and oxygen atoms in total. The van der Waals surface area contributed by atoms with E-state index in [4.69, 9.17) is 5.73 Å². The third kappa shape index (κ3) is 2.55. The Hall–Kier alpha value is 0.230. The summed E-state index contributed by atoms with van der Waals surface area (Å²) in [6, 6.07) is 0. The lowest BCUT2D eigenvalue weighted by Gasteiger charge is -2.49. The van der Waals surface area contributed by atoms with Crippen LogP contribution in [0.3, 0.4) is 0 Å². The average molecular weight is 243 g/mol. The quantitative estimate of drug-likeness (QED) is 0.796. The van der Waals surface area contributed by atoms with Gasteiger partial charge in [-0.1, -0.05) is 6.92 Å². The van der Waals surface area contributed by atoms with Crippen LogP contribution in [-0.4, -0.2) is 66.1 Å². The maximum absolute atomic E-state index is 6.09. The number of nitrogens with two attached hydrogens (primary N) is 1. The first kappa shape index (κ1) is 12.7. The van der Waals surface area contributed by atoms with Gasteiger partial charge in [-0.25, -0.2) is 0 Å². The van der Waals surface area contributed by atoms with E-state index in [0.717, 1.165) is 6.54 Å². The molecule has 2 rings (SSSR count). The van der Waals surface area contributed by atoms with Crippen molar-refractivity contribution in [3.05, 3.63) is 0 Å². The zero-order chi connectivity index (χ0) is 11.4. The predicted molar refractivity (Wildman–Crippen MR) is 72.0 cm³/mol. The van der Waals surface area contributed by atoms with Crippen molar-refractivity contribution in [2.75, 3.05) is 50.8 Å². The lowest BCUT2D eigenvalue weighted by atomic mass is 9.85. The van der Waals surface area contributed by atoms with Crippen molar-refractivity contribution >= 4 is 11.8 Å². The van der Waals surface area contributed by atoms with E-state index in [1.165, 1.54) is 57.1 Å². The molecule has 0 aliphatic carbocycles. The largest absolute Gasteiger partial charge is 0.329 e. The zero-order valence-electron chi connectivity index (χ0n) is 10.5. The van der Waals surface area contributed by atoms with Crippen molar-refractivity contribution in [2.45, 2.75) is 25.3 Å². The van der Waals surface area contributed by atoms with Crippen LogP contribution in [0, 0.1) is 0 Å². The van der Waals surface area contributed by atoms with Gasteiger partial charge in [-0.05, 0) is 32.5 Å². The van der Waals surface area contributed by atoms with Gasteiger partial charge in [0.05, 0.1) is 0 Å². The van der Waals surface area contributed by atoms with Crippen LogP contribution < -0.4 is 5.73 Å². The second-order valence-electron chi connectivity index (χ2n) is 4.96. The van der Waals surface area contributed by atoms with Crippen molar-refractivity contribution in [2.24, 2.45) is 5.73 Å². The summed E-state index contributed by atoms with van der Waals surface area (Å²) in [5.74, 6) is 2.58. The van der Waals surface area contributed by atoms with E-state index in [9.17, 15) is 0 Å². The normalized spacial score (nSPS) is 28.1. The highest BCUT2D eigenvalue weighted by molar-refractivity contribution is 7.99. The van der Waals surface area contributed by atoms with E-state index in [0.29, 0.717) is 5.54 Å². The molecule has 0 unspecified atom stereocenters. The smallest absolute Gasteiger partial charge is 0.0356 e. The molecule has 0 radical (unpaired) electrons. The van der Waals surface area contributed by atoms with Gasteiger partial charge in [0.15, 0.2) is 0 Å². The Balaban J connectivity index is 1.96. The van der Waals surface area contributed by atoms with Crippen molar-refractivity contribution < 1.29 is 0 Å². The Kier molecular flexibility index (Phi) is 4.53. The molecule has 0 saturated carbocycles. The van der Waals surface area contributed by atoms with E-state index in [1.807, 2.05) is 0 Å². The first-order chi connectivity index (χ1) is 7.80. The molecule has 16 heavy (non-hydrogen) atoms. The van der Waals surface area contributed by atoms with Crippen LogP contribution in [0.5, 0.6) is 0 Å². The highest BCUT2D eigenvalue weighted by Gasteiger charge is 2.38. The number of nitrogens with zero attached hydrogens (tertiary/aromatic N) is 2. The third-order valence-electron chi connectivity index (χ3n) is 4.30. The Labute approximate surface area is 104 Å². The van der Waals surface area contributed by atoms with Crippen LogP contribution in [0.4, 0.5) is 0 Å². The van der Waals surface area contributed by atoms with Crippen LogP contribution in [0.2, 0.25) is 0 Å². The second kappa shape index (κ2) is 5.71. The molecule has 0 spiro atoms. The minimum atomic E-state index is 0.326. The fourth-order valence-electron chi connectivity index (χ4n) is 2.97. The molecule has 0 bridgehead atoms. The average Bonchev–Trinajstić information content (AvgIpc) is 2.40. The van der Waals surface area contributed by atoms with Gasteiger partial charge in [0.25, 0.3) is 0 Å². The summed E-state index contributed by atoms with van der Waals surface area (Å²) in [7, 11) is 0. The molecule has 2 N–H and O–H groups in total. The molecule has 2 saturated heterocycles. The Bertz CT molecular complexity index is 208. The molecule has 0 aromatic rings. The molecule has 2 heterocycles.